The van der Waals surface area contributed by atoms with Crippen LogP contribution in [0.25, 0.3) is 0 Å². The van der Waals surface area contributed by atoms with Crippen LogP contribution < -0.4 is 19.5 Å². The zero-order chi connectivity index (χ0) is 21.4. The van der Waals surface area contributed by atoms with E-state index in [1.807, 2.05) is 20.8 Å². The number of rotatable bonds is 10. The maximum Gasteiger partial charge on any atom is 0.251 e. The molecule has 0 unspecified atom stereocenters. The van der Waals surface area contributed by atoms with E-state index in [1.165, 1.54) is 10.6 Å². The van der Waals surface area contributed by atoms with Gasteiger partial charge in [-0.2, -0.15) is 0 Å². The van der Waals surface area contributed by atoms with E-state index in [0.29, 0.717) is 62.3 Å². The highest BCUT2D eigenvalue weighted by atomic mass is 32.2. The molecule has 1 aromatic rings. The molecule has 0 aromatic heterocycles. The third-order valence-corrected chi connectivity index (χ3v) is 6.07. The van der Waals surface area contributed by atoms with Crippen LogP contribution in [0.2, 0.25) is 0 Å². The van der Waals surface area contributed by atoms with Crippen LogP contribution >= 0.6 is 0 Å². The van der Waals surface area contributed by atoms with Gasteiger partial charge >= 0.3 is 0 Å². The third-order valence-electron chi connectivity index (χ3n) is 4.77. The van der Waals surface area contributed by atoms with E-state index in [2.05, 4.69) is 5.32 Å². The minimum absolute atomic E-state index is 0.222. The molecule has 0 spiro atoms. The number of benzene rings is 1. The Morgan fingerprint density at radius 1 is 1.03 bits per heavy atom. The average Bonchev–Trinajstić information content (AvgIpc) is 2.68. The smallest absolute Gasteiger partial charge is 0.251 e. The Labute approximate surface area is 173 Å². The fourth-order valence-electron chi connectivity index (χ4n) is 3.30. The fourth-order valence-corrected chi connectivity index (χ4v) is 4.18. The number of hydrogen-bond acceptors (Lipinski definition) is 6. The van der Waals surface area contributed by atoms with Gasteiger partial charge in [-0.1, -0.05) is 0 Å². The Balaban J connectivity index is 2.06. The SMILES string of the molecule is CCOc1cc(C(=O)NCC2CCN(S(C)(=O)=O)CC2)cc(OCC)c1OCC. The first-order valence-electron chi connectivity index (χ1n) is 10.1. The van der Waals surface area contributed by atoms with Crippen LogP contribution in [-0.4, -0.2) is 64.3 Å². The highest BCUT2D eigenvalue weighted by Crippen LogP contribution is 2.39. The van der Waals surface area contributed by atoms with E-state index >= 15 is 0 Å². The van der Waals surface area contributed by atoms with Crippen LogP contribution in [0, 0.1) is 5.92 Å². The zero-order valence-corrected chi connectivity index (χ0v) is 18.5. The number of amides is 1. The maximum atomic E-state index is 12.7. The minimum atomic E-state index is -3.15. The van der Waals surface area contributed by atoms with Crippen molar-refractivity contribution in [3.63, 3.8) is 0 Å². The summed E-state index contributed by atoms with van der Waals surface area (Å²) in [5.41, 5.74) is 0.439. The molecule has 8 nitrogen and oxygen atoms in total. The lowest BCUT2D eigenvalue weighted by Crippen LogP contribution is -2.41. The zero-order valence-electron chi connectivity index (χ0n) is 17.7. The molecule has 0 aliphatic carbocycles. The van der Waals surface area contributed by atoms with Gasteiger partial charge in [0.15, 0.2) is 11.5 Å². The normalized spacial score (nSPS) is 15.7. The highest BCUT2D eigenvalue weighted by molar-refractivity contribution is 7.88. The van der Waals surface area contributed by atoms with Crippen LogP contribution in [-0.2, 0) is 10.0 Å². The molecule has 1 aliphatic rings. The first-order valence-corrected chi connectivity index (χ1v) is 11.9. The van der Waals surface area contributed by atoms with Crippen molar-refractivity contribution in [2.24, 2.45) is 5.92 Å². The van der Waals surface area contributed by atoms with Gasteiger partial charge in [-0.25, -0.2) is 12.7 Å². The summed E-state index contributed by atoms with van der Waals surface area (Å²) in [5.74, 6) is 1.48. The Kier molecular flexibility index (Phi) is 8.58. The lowest BCUT2D eigenvalue weighted by molar-refractivity contribution is 0.0940. The minimum Gasteiger partial charge on any atom is -0.490 e. The lowest BCUT2D eigenvalue weighted by atomic mass is 9.98. The van der Waals surface area contributed by atoms with Gasteiger partial charge in [0.05, 0.1) is 26.1 Å². The summed E-state index contributed by atoms with van der Waals surface area (Å²) in [5, 5.41) is 2.95. The van der Waals surface area contributed by atoms with Gasteiger partial charge in [-0.05, 0) is 51.7 Å². The summed E-state index contributed by atoms with van der Waals surface area (Å²) < 4.78 is 41.7. The van der Waals surface area contributed by atoms with Crippen LogP contribution in [0.4, 0.5) is 0 Å². The van der Waals surface area contributed by atoms with Gasteiger partial charge < -0.3 is 19.5 Å². The lowest BCUT2D eigenvalue weighted by Gasteiger charge is -2.30. The number of piperidine rings is 1. The van der Waals surface area contributed by atoms with Crippen molar-refractivity contribution in [2.45, 2.75) is 33.6 Å². The molecular formula is C20H32N2O6S. The van der Waals surface area contributed by atoms with Gasteiger partial charge in [0, 0.05) is 25.2 Å². The van der Waals surface area contributed by atoms with Crippen LogP contribution in [0.3, 0.4) is 0 Å². The molecule has 1 aliphatic heterocycles. The van der Waals surface area contributed by atoms with Crippen molar-refractivity contribution in [1.29, 1.82) is 0 Å². The fraction of sp³-hybridized carbons (Fsp3) is 0.650. The average molecular weight is 429 g/mol. The highest BCUT2D eigenvalue weighted by Gasteiger charge is 2.25. The predicted molar refractivity (Wildman–Crippen MR) is 111 cm³/mol. The Morgan fingerprint density at radius 2 is 1.55 bits per heavy atom. The van der Waals surface area contributed by atoms with E-state index in [-0.39, 0.29) is 11.8 Å². The van der Waals surface area contributed by atoms with Crippen molar-refractivity contribution in [1.82, 2.24) is 9.62 Å². The summed E-state index contributed by atoms with van der Waals surface area (Å²) in [4.78, 5) is 12.7. The first-order chi connectivity index (χ1) is 13.8. The molecule has 0 radical (unpaired) electrons. The third kappa shape index (κ3) is 6.50. The molecule has 29 heavy (non-hydrogen) atoms. The van der Waals surface area contributed by atoms with Crippen molar-refractivity contribution in [2.75, 3.05) is 45.7 Å². The molecule has 0 saturated carbocycles. The van der Waals surface area contributed by atoms with Gasteiger partial charge in [-0.15, -0.1) is 0 Å². The Morgan fingerprint density at radius 3 is 2.00 bits per heavy atom. The molecule has 164 valence electrons. The van der Waals surface area contributed by atoms with Gasteiger partial charge in [-0.3, -0.25) is 4.79 Å². The van der Waals surface area contributed by atoms with Crippen molar-refractivity contribution in [3.8, 4) is 17.2 Å². The quantitative estimate of drug-likeness (QED) is 0.614. The summed E-state index contributed by atoms with van der Waals surface area (Å²) in [6, 6.07) is 3.33. The first kappa shape index (κ1) is 23.3. The van der Waals surface area contributed by atoms with E-state index in [9.17, 15) is 13.2 Å². The maximum absolute atomic E-state index is 12.7. The van der Waals surface area contributed by atoms with E-state index in [1.54, 1.807) is 12.1 Å². The van der Waals surface area contributed by atoms with E-state index < -0.39 is 10.0 Å². The number of nitrogens with zero attached hydrogens (tertiary/aromatic N) is 1. The molecule has 0 bridgehead atoms. The number of hydrogen-bond donors (Lipinski definition) is 1. The van der Waals surface area contributed by atoms with Crippen LogP contribution in [0.5, 0.6) is 17.2 Å². The molecule has 9 heteroatoms. The Hall–Kier alpha value is -2.00. The molecule has 1 amide bonds. The van der Waals surface area contributed by atoms with E-state index in [4.69, 9.17) is 14.2 Å². The number of ether oxygens (including phenoxy) is 3. The monoisotopic (exact) mass is 428 g/mol. The largest absolute Gasteiger partial charge is 0.490 e. The molecule has 1 aromatic carbocycles. The predicted octanol–water partition coefficient (Wildman–Crippen LogP) is 2.28. The molecule has 1 fully saturated rings. The summed E-state index contributed by atoms with van der Waals surface area (Å²) in [6.07, 6.45) is 2.68. The molecule has 0 atom stereocenters. The van der Waals surface area contributed by atoms with Crippen molar-refractivity contribution in [3.05, 3.63) is 17.7 Å². The number of carbonyl (C=O) groups is 1. The number of nitrogens with one attached hydrogen (secondary N) is 1. The Bertz CT molecular complexity index is 761. The molecular weight excluding hydrogens is 396 g/mol. The topological polar surface area (TPSA) is 94.2 Å². The van der Waals surface area contributed by atoms with Gasteiger partial charge in [0.2, 0.25) is 15.8 Å². The summed E-state index contributed by atoms with van der Waals surface area (Å²) >= 11 is 0. The summed E-state index contributed by atoms with van der Waals surface area (Å²) in [7, 11) is -3.15. The standard InChI is InChI=1S/C20H32N2O6S/c1-5-26-17-12-16(13-18(27-6-2)19(17)28-7-3)20(23)21-14-15-8-10-22(11-9-15)29(4,24)25/h12-13,15H,5-11,14H2,1-4H3,(H,21,23). The van der Waals surface area contributed by atoms with Crippen LogP contribution in [0.1, 0.15) is 44.0 Å². The molecule has 1 heterocycles. The number of carbonyl (C=O) groups excluding carboxylic acids is 1. The van der Waals surface area contributed by atoms with Crippen molar-refractivity contribution >= 4 is 15.9 Å². The number of sulfonamides is 1. The second kappa shape index (κ2) is 10.7. The molecule has 1 saturated heterocycles. The van der Waals surface area contributed by atoms with Crippen molar-refractivity contribution < 1.29 is 27.4 Å². The van der Waals surface area contributed by atoms with Gasteiger partial charge in [0.1, 0.15) is 0 Å². The van der Waals surface area contributed by atoms with Crippen LogP contribution in [0.15, 0.2) is 12.1 Å². The second-order valence-corrected chi connectivity index (χ2v) is 8.90. The van der Waals surface area contributed by atoms with Gasteiger partial charge in [0.25, 0.3) is 5.91 Å². The summed E-state index contributed by atoms with van der Waals surface area (Å²) in [6.45, 7) is 8.43. The molecule has 1 N–H and O–H groups in total. The molecule has 2 rings (SSSR count). The van der Waals surface area contributed by atoms with E-state index in [0.717, 1.165) is 12.8 Å². The second-order valence-electron chi connectivity index (χ2n) is 6.92.